The summed E-state index contributed by atoms with van der Waals surface area (Å²) in [5, 5.41) is 9.95. The van der Waals surface area contributed by atoms with Crippen LogP contribution in [0.25, 0.3) is 0 Å². The number of likely N-dealkylation sites (tertiary alicyclic amines) is 1. The largest absolute Gasteiger partial charge is 0.478 e. The Morgan fingerprint density at radius 1 is 0.925 bits per heavy atom. The zero-order chi connectivity index (χ0) is 27.6. The van der Waals surface area contributed by atoms with Crippen LogP contribution in [-0.2, 0) is 14.6 Å². The molecule has 3 aliphatic rings. The summed E-state index contributed by atoms with van der Waals surface area (Å²) in [5.74, 6) is -0.376. The van der Waals surface area contributed by atoms with Gasteiger partial charge in [0.15, 0.2) is 9.84 Å². The van der Waals surface area contributed by atoms with E-state index in [-0.39, 0.29) is 40.7 Å². The van der Waals surface area contributed by atoms with Gasteiger partial charge in [0.05, 0.1) is 10.6 Å². The fourth-order valence-electron chi connectivity index (χ4n) is 6.40. The Bertz CT molecular complexity index is 1320. The normalized spacial score (nSPS) is 23.6. The number of halogens is 3. The first-order valence-electron chi connectivity index (χ1n) is 14.1. The molecule has 2 unspecified atom stereocenters. The lowest BCUT2D eigenvalue weighted by Gasteiger charge is -2.35. The summed E-state index contributed by atoms with van der Waals surface area (Å²) in [4.78, 5) is 14.7. The number of carboxylic acids is 1. The maximum Gasteiger partial charge on any atom is 0.331 e. The molecule has 9 heteroatoms. The van der Waals surface area contributed by atoms with E-state index in [1.54, 1.807) is 12.1 Å². The summed E-state index contributed by atoms with van der Waals surface area (Å²) >= 11 is 0. The Morgan fingerprint density at radius 2 is 1.62 bits per heavy atom. The number of aliphatic carboxylic acids is 1. The highest BCUT2D eigenvalue weighted by molar-refractivity contribution is 7.91. The van der Waals surface area contributed by atoms with Crippen LogP contribution in [0.15, 0.2) is 64.6 Å². The second-order valence-electron chi connectivity index (χ2n) is 11.7. The number of piperidine rings is 1. The molecule has 5 rings (SSSR count). The van der Waals surface area contributed by atoms with Crippen molar-refractivity contribution in [3.63, 3.8) is 0 Å². The Hall–Kier alpha value is -2.29. The number of carboxylic acid groups (broad SMARTS) is 1. The molecule has 2 atom stereocenters. The molecule has 0 spiro atoms. The monoisotopic (exact) mass is 593 g/mol. The Balaban J connectivity index is 0.00000370. The van der Waals surface area contributed by atoms with Crippen LogP contribution in [0.4, 0.5) is 8.78 Å². The van der Waals surface area contributed by atoms with Crippen LogP contribution in [0.5, 0.6) is 0 Å². The minimum Gasteiger partial charge on any atom is -0.478 e. The van der Waals surface area contributed by atoms with Crippen molar-refractivity contribution < 1.29 is 27.1 Å². The summed E-state index contributed by atoms with van der Waals surface area (Å²) in [7, 11) is -3.44. The van der Waals surface area contributed by atoms with Gasteiger partial charge in [-0.3, -0.25) is 0 Å². The average molecular weight is 594 g/mol. The summed E-state index contributed by atoms with van der Waals surface area (Å²) in [6, 6.07) is 11.7. The van der Waals surface area contributed by atoms with Gasteiger partial charge in [-0.1, -0.05) is 17.7 Å². The molecule has 3 fully saturated rings. The molecular formula is C31H38ClF2NO4S. The third kappa shape index (κ3) is 7.71. The van der Waals surface area contributed by atoms with Crippen molar-refractivity contribution in [2.75, 3.05) is 25.4 Å². The maximum absolute atomic E-state index is 14.1. The molecule has 0 bridgehead atoms. The van der Waals surface area contributed by atoms with E-state index in [1.165, 1.54) is 30.3 Å². The molecular weight excluding hydrogens is 556 g/mol. The van der Waals surface area contributed by atoms with Gasteiger partial charge in [-0.25, -0.2) is 22.0 Å². The number of sulfone groups is 1. The van der Waals surface area contributed by atoms with Crippen molar-refractivity contribution in [1.82, 2.24) is 4.90 Å². The minimum atomic E-state index is -3.44. The number of hydrogen-bond acceptors (Lipinski definition) is 4. The van der Waals surface area contributed by atoms with Crippen molar-refractivity contribution in [3.8, 4) is 0 Å². The summed E-state index contributed by atoms with van der Waals surface area (Å²) < 4.78 is 52.6. The van der Waals surface area contributed by atoms with E-state index in [4.69, 9.17) is 0 Å². The molecule has 5 nitrogen and oxygen atoms in total. The third-order valence-corrected chi connectivity index (χ3v) is 10.6. The number of allylic oxidation sites excluding steroid dienone is 1. The van der Waals surface area contributed by atoms with Crippen LogP contribution in [0.2, 0.25) is 0 Å². The van der Waals surface area contributed by atoms with Gasteiger partial charge in [0.2, 0.25) is 0 Å². The topological polar surface area (TPSA) is 74.7 Å². The fraction of sp³-hybridized carbons (Fsp3) is 0.516. The molecule has 2 aromatic rings. The van der Waals surface area contributed by atoms with Crippen molar-refractivity contribution >= 4 is 28.2 Å². The van der Waals surface area contributed by atoms with E-state index in [2.05, 4.69) is 4.90 Å². The SMILES string of the molecule is Cl.O=C(O)/C(CC1CC1)=C1/CC(CN2CCC(CCS(=O)(=O)c3ccc(F)cc3)CC2)C(c2cccc(F)c2)C1. The van der Waals surface area contributed by atoms with Gasteiger partial charge in [-0.15, -0.1) is 12.4 Å². The highest BCUT2D eigenvalue weighted by atomic mass is 35.5. The van der Waals surface area contributed by atoms with E-state index in [0.29, 0.717) is 36.7 Å². The predicted octanol–water partition coefficient (Wildman–Crippen LogP) is 6.64. The fourth-order valence-corrected chi connectivity index (χ4v) is 7.83. The molecule has 218 valence electrons. The van der Waals surface area contributed by atoms with Crippen molar-refractivity contribution in [1.29, 1.82) is 0 Å². The second kappa shape index (κ2) is 13.1. The summed E-state index contributed by atoms with van der Waals surface area (Å²) in [5.41, 5.74) is 2.53. The first kappa shape index (κ1) is 30.7. The van der Waals surface area contributed by atoms with E-state index >= 15 is 0 Å². The van der Waals surface area contributed by atoms with Gasteiger partial charge in [-0.2, -0.15) is 0 Å². The zero-order valence-corrected chi connectivity index (χ0v) is 24.2. The molecule has 0 aromatic heterocycles. The van der Waals surface area contributed by atoms with Crippen molar-refractivity contribution in [2.24, 2.45) is 17.8 Å². The molecule has 2 aromatic carbocycles. The van der Waals surface area contributed by atoms with Gasteiger partial charge in [0, 0.05) is 12.1 Å². The molecule has 40 heavy (non-hydrogen) atoms. The molecule has 2 aliphatic carbocycles. The molecule has 1 saturated heterocycles. The number of hydrogen-bond donors (Lipinski definition) is 1. The van der Waals surface area contributed by atoms with Crippen LogP contribution < -0.4 is 0 Å². The zero-order valence-electron chi connectivity index (χ0n) is 22.6. The highest BCUT2D eigenvalue weighted by Crippen LogP contribution is 2.47. The number of benzene rings is 2. The molecule has 1 N–H and O–H groups in total. The van der Waals surface area contributed by atoms with Crippen LogP contribution in [0.1, 0.15) is 62.8 Å². The lowest BCUT2D eigenvalue weighted by atomic mass is 9.87. The molecule has 0 radical (unpaired) electrons. The Morgan fingerprint density at radius 3 is 2.25 bits per heavy atom. The summed E-state index contributed by atoms with van der Waals surface area (Å²) in [6.45, 7) is 2.54. The van der Waals surface area contributed by atoms with Crippen LogP contribution >= 0.6 is 12.4 Å². The maximum atomic E-state index is 14.1. The molecule has 2 saturated carbocycles. The van der Waals surface area contributed by atoms with E-state index in [9.17, 15) is 27.1 Å². The lowest BCUT2D eigenvalue weighted by Crippen LogP contribution is -2.38. The first-order valence-corrected chi connectivity index (χ1v) is 15.7. The van der Waals surface area contributed by atoms with Gasteiger partial charge >= 0.3 is 5.97 Å². The second-order valence-corrected chi connectivity index (χ2v) is 13.8. The molecule has 1 heterocycles. The van der Waals surface area contributed by atoms with Gasteiger partial charge < -0.3 is 10.0 Å². The predicted molar refractivity (Wildman–Crippen MR) is 153 cm³/mol. The number of rotatable bonds is 10. The highest BCUT2D eigenvalue weighted by Gasteiger charge is 2.37. The van der Waals surface area contributed by atoms with Crippen LogP contribution in [-0.4, -0.2) is 49.8 Å². The minimum absolute atomic E-state index is 0. The van der Waals surface area contributed by atoms with Crippen molar-refractivity contribution in [2.45, 2.75) is 62.2 Å². The quantitative estimate of drug-likeness (QED) is 0.247. The Labute approximate surface area is 242 Å². The van der Waals surface area contributed by atoms with E-state index < -0.39 is 21.6 Å². The van der Waals surface area contributed by atoms with Crippen LogP contribution in [0.3, 0.4) is 0 Å². The van der Waals surface area contributed by atoms with E-state index in [0.717, 1.165) is 62.9 Å². The van der Waals surface area contributed by atoms with Crippen LogP contribution in [0, 0.1) is 29.4 Å². The Kier molecular flexibility index (Phi) is 10.1. The average Bonchev–Trinajstić information content (AvgIpc) is 3.65. The number of nitrogens with zero attached hydrogens (tertiary/aromatic N) is 1. The first-order chi connectivity index (χ1) is 18.7. The molecule has 1 aliphatic heterocycles. The van der Waals surface area contributed by atoms with Gasteiger partial charge in [0.25, 0.3) is 0 Å². The number of carbonyl (C=O) groups is 1. The lowest BCUT2D eigenvalue weighted by molar-refractivity contribution is -0.132. The summed E-state index contributed by atoms with van der Waals surface area (Å²) in [6.07, 6.45) is 6.62. The smallest absolute Gasteiger partial charge is 0.331 e. The third-order valence-electron chi connectivity index (χ3n) is 8.86. The standard InChI is InChI=1S/C31H37F2NO4S.ClH/c32-26-6-8-28(9-7-26)39(37,38)15-12-21-10-13-34(14-11-21)20-25-17-24(30(31(35)36)16-22-4-5-22)19-29(25)23-2-1-3-27(33)18-23;/h1-3,6-9,18,21-22,25,29H,4-5,10-17,19-20H2,(H,35,36);1H/b30-24-;. The van der Waals surface area contributed by atoms with Gasteiger partial charge in [-0.05, 0) is 130 Å². The van der Waals surface area contributed by atoms with E-state index in [1.807, 2.05) is 6.07 Å². The van der Waals surface area contributed by atoms with Gasteiger partial charge in [0.1, 0.15) is 11.6 Å². The van der Waals surface area contributed by atoms with Crippen molar-refractivity contribution in [3.05, 3.63) is 76.9 Å². The molecule has 0 amide bonds.